The van der Waals surface area contributed by atoms with E-state index in [0.29, 0.717) is 36.8 Å². The fraction of sp³-hybridized carbons (Fsp3) is 0.450. The van der Waals surface area contributed by atoms with E-state index in [9.17, 15) is 4.79 Å². The Morgan fingerprint density at radius 3 is 2.92 bits per heavy atom. The van der Waals surface area contributed by atoms with Gasteiger partial charge in [-0.25, -0.2) is 0 Å². The second kappa shape index (κ2) is 8.76. The van der Waals surface area contributed by atoms with Crippen LogP contribution in [0.5, 0.6) is 11.5 Å². The van der Waals surface area contributed by atoms with E-state index in [-0.39, 0.29) is 11.9 Å². The molecule has 0 saturated carbocycles. The summed E-state index contributed by atoms with van der Waals surface area (Å²) in [5.74, 6) is 1.93. The number of methoxy groups -OCH3 is 1. The van der Waals surface area contributed by atoms with E-state index in [2.05, 4.69) is 0 Å². The van der Waals surface area contributed by atoms with Gasteiger partial charge in [-0.1, -0.05) is 12.8 Å². The molecule has 1 atom stereocenters. The van der Waals surface area contributed by atoms with Crippen LogP contribution in [0.15, 0.2) is 41.0 Å². The molecule has 2 heterocycles. The molecular weight excluding hydrogens is 332 g/mol. The van der Waals surface area contributed by atoms with Gasteiger partial charge in [-0.2, -0.15) is 0 Å². The Hall–Kier alpha value is -2.47. The first kappa shape index (κ1) is 18.3. The summed E-state index contributed by atoms with van der Waals surface area (Å²) in [5, 5.41) is 0. The minimum absolute atomic E-state index is 0.0514. The van der Waals surface area contributed by atoms with Crippen molar-refractivity contribution < 1.29 is 18.7 Å². The van der Waals surface area contributed by atoms with Gasteiger partial charge in [0.15, 0.2) is 0 Å². The van der Waals surface area contributed by atoms with Crippen LogP contribution in [0, 0.1) is 0 Å². The van der Waals surface area contributed by atoms with Gasteiger partial charge in [-0.3, -0.25) is 4.79 Å². The van der Waals surface area contributed by atoms with Gasteiger partial charge in [0.2, 0.25) is 0 Å². The summed E-state index contributed by atoms with van der Waals surface area (Å²) in [6.07, 6.45) is 5.73. The smallest absolute Gasteiger partial charge is 0.258 e. The molecule has 0 radical (unpaired) electrons. The van der Waals surface area contributed by atoms with Crippen LogP contribution < -0.4 is 15.2 Å². The molecule has 2 N–H and O–H groups in total. The molecule has 26 heavy (non-hydrogen) atoms. The van der Waals surface area contributed by atoms with Crippen molar-refractivity contribution in [3.63, 3.8) is 0 Å². The molecule has 140 valence electrons. The van der Waals surface area contributed by atoms with Crippen LogP contribution in [0.4, 0.5) is 0 Å². The first-order valence-electron chi connectivity index (χ1n) is 9.10. The summed E-state index contributed by atoms with van der Waals surface area (Å²) < 4.78 is 16.6. The molecule has 1 aromatic heterocycles. The second-order valence-electron chi connectivity index (χ2n) is 6.38. The summed E-state index contributed by atoms with van der Waals surface area (Å²) in [6.45, 7) is 1.42. The first-order chi connectivity index (χ1) is 12.7. The number of amides is 1. The SMILES string of the molecule is COc1ccc(C(=O)N2CCCCC[C@H]2c2ccco2)c(OCCN)c1. The number of benzene rings is 1. The van der Waals surface area contributed by atoms with E-state index < -0.39 is 0 Å². The molecule has 3 rings (SSSR count). The van der Waals surface area contributed by atoms with E-state index in [4.69, 9.17) is 19.6 Å². The fourth-order valence-corrected chi connectivity index (χ4v) is 3.38. The average molecular weight is 358 g/mol. The molecule has 0 bridgehead atoms. The quantitative estimate of drug-likeness (QED) is 0.856. The molecule has 0 spiro atoms. The Morgan fingerprint density at radius 1 is 1.31 bits per heavy atom. The van der Waals surface area contributed by atoms with Crippen molar-refractivity contribution in [2.45, 2.75) is 31.7 Å². The average Bonchev–Trinajstić information content (AvgIpc) is 3.10. The Kier molecular flexibility index (Phi) is 6.17. The maximum Gasteiger partial charge on any atom is 0.258 e. The molecule has 1 aromatic carbocycles. The van der Waals surface area contributed by atoms with E-state index in [1.807, 2.05) is 17.0 Å². The molecule has 6 heteroatoms. The number of nitrogens with two attached hydrogens (primary N) is 1. The zero-order chi connectivity index (χ0) is 18.4. The van der Waals surface area contributed by atoms with Crippen LogP contribution in [0.2, 0.25) is 0 Å². The highest BCUT2D eigenvalue weighted by molar-refractivity contribution is 5.97. The molecule has 1 saturated heterocycles. The van der Waals surface area contributed by atoms with Gasteiger partial charge in [-0.15, -0.1) is 0 Å². The summed E-state index contributed by atoms with van der Waals surface area (Å²) in [5.41, 5.74) is 6.08. The molecule has 1 aliphatic heterocycles. The number of hydrogen-bond donors (Lipinski definition) is 1. The Bertz CT molecular complexity index is 715. The molecule has 2 aromatic rings. The number of carbonyl (C=O) groups excluding carboxylic acids is 1. The maximum atomic E-state index is 13.4. The minimum atomic E-state index is -0.0528. The Balaban J connectivity index is 1.92. The van der Waals surface area contributed by atoms with E-state index in [1.54, 1.807) is 31.6 Å². The van der Waals surface area contributed by atoms with Crippen molar-refractivity contribution in [2.75, 3.05) is 26.8 Å². The zero-order valence-corrected chi connectivity index (χ0v) is 15.1. The molecule has 1 aliphatic rings. The largest absolute Gasteiger partial charge is 0.497 e. The zero-order valence-electron chi connectivity index (χ0n) is 15.1. The lowest BCUT2D eigenvalue weighted by atomic mass is 10.1. The predicted octanol–water partition coefficient (Wildman–Crippen LogP) is 3.38. The number of carbonyl (C=O) groups is 1. The molecular formula is C20H26N2O4. The van der Waals surface area contributed by atoms with Crippen LogP contribution in [-0.2, 0) is 0 Å². The van der Waals surface area contributed by atoms with Gasteiger partial charge < -0.3 is 24.5 Å². The van der Waals surface area contributed by atoms with Crippen molar-refractivity contribution in [2.24, 2.45) is 5.73 Å². The number of furan rings is 1. The number of hydrogen-bond acceptors (Lipinski definition) is 5. The van der Waals surface area contributed by atoms with Crippen molar-refractivity contribution in [1.29, 1.82) is 0 Å². The topological polar surface area (TPSA) is 77.9 Å². The van der Waals surface area contributed by atoms with Crippen LogP contribution in [0.25, 0.3) is 0 Å². The summed E-state index contributed by atoms with van der Waals surface area (Å²) in [4.78, 5) is 15.3. The molecule has 1 amide bonds. The summed E-state index contributed by atoms with van der Waals surface area (Å²) >= 11 is 0. The molecule has 6 nitrogen and oxygen atoms in total. The lowest BCUT2D eigenvalue weighted by Crippen LogP contribution is -2.35. The van der Waals surface area contributed by atoms with Crippen molar-refractivity contribution in [1.82, 2.24) is 4.90 Å². The van der Waals surface area contributed by atoms with Crippen LogP contribution >= 0.6 is 0 Å². The van der Waals surface area contributed by atoms with Crippen molar-refractivity contribution >= 4 is 5.91 Å². The molecule has 1 fully saturated rings. The highest BCUT2D eigenvalue weighted by Crippen LogP contribution is 2.34. The Labute approximate surface area is 153 Å². The molecule has 0 aliphatic carbocycles. The lowest BCUT2D eigenvalue weighted by Gasteiger charge is -2.29. The van der Waals surface area contributed by atoms with Gasteiger partial charge in [0.1, 0.15) is 23.9 Å². The number of rotatable bonds is 6. The van der Waals surface area contributed by atoms with Gasteiger partial charge >= 0.3 is 0 Å². The van der Waals surface area contributed by atoms with Gasteiger partial charge in [-0.05, 0) is 37.1 Å². The van der Waals surface area contributed by atoms with Gasteiger partial charge in [0, 0.05) is 19.2 Å². The third-order valence-electron chi connectivity index (χ3n) is 4.68. The third-order valence-corrected chi connectivity index (χ3v) is 4.68. The third kappa shape index (κ3) is 4.02. The number of likely N-dealkylation sites (tertiary alicyclic amines) is 1. The molecule has 0 unspecified atom stereocenters. The van der Waals surface area contributed by atoms with Crippen molar-refractivity contribution in [3.05, 3.63) is 47.9 Å². The fourth-order valence-electron chi connectivity index (χ4n) is 3.38. The van der Waals surface area contributed by atoms with Gasteiger partial charge in [0.25, 0.3) is 5.91 Å². The highest BCUT2D eigenvalue weighted by atomic mass is 16.5. The van der Waals surface area contributed by atoms with Crippen LogP contribution in [0.3, 0.4) is 0 Å². The normalized spacial score (nSPS) is 17.6. The second-order valence-corrected chi connectivity index (χ2v) is 6.38. The van der Waals surface area contributed by atoms with Crippen LogP contribution in [-0.4, -0.2) is 37.6 Å². The van der Waals surface area contributed by atoms with Gasteiger partial charge in [0.05, 0.1) is 25.0 Å². The van der Waals surface area contributed by atoms with E-state index in [0.717, 1.165) is 31.4 Å². The van der Waals surface area contributed by atoms with Crippen molar-refractivity contribution in [3.8, 4) is 11.5 Å². The van der Waals surface area contributed by atoms with E-state index >= 15 is 0 Å². The highest BCUT2D eigenvalue weighted by Gasteiger charge is 2.30. The number of nitrogens with zero attached hydrogens (tertiary/aromatic N) is 1. The monoisotopic (exact) mass is 358 g/mol. The first-order valence-corrected chi connectivity index (χ1v) is 9.10. The lowest BCUT2D eigenvalue weighted by molar-refractivity contribution is 0.0654. The standard InChI is InChI=1S/C20H26N2O4/c1-24-15-8-9-16(19(14-15)26-13-10-21)20(23)22-11-4-2-3-6-17(22)18-7-5-12-25-18/h5,7-9,12,14,17H,2-4,6,10-11,13,21H2,1H3/t17-/m0/s1. The van der Waals surface area contributed by atoms with Crippen LogP contribution in [0.1, 0.15) is 47.8 Å². The Morgan fingerprint density at radius 2 is 2.19 bits per heavy atom. The summed E-state index contributed by atoms with van der Waals surface area (Å²) in [7, 11) is 1.59. The summed E-state index contributed by atoms with van der Waals surface area (Å²) in [6, 6.07) is 9.04. The van der Waals surface area contributed by atoms with E-state index in [1.165, 1.54) is 0 Å². The predicted molar refractivity (Wildman–Crippen MR) is 98.5 cm³/mol. The maximum absolute atomic E-state index is 13.4. The number of ether oxygens (including phenoxy) is 2. The minimum Gasteiger partial charge on any atom is -0.497 e.